The van der Waals surface area contributed by atoms with Gasteiger partial charge in [-0.15, -0.1) is 0 Å². The van der Waals surface area contributed by atoms with E-state index in [1.165, 1.54) is 0 Å². The summed E-state index contributed by atoms with van der Waals surface area (Å²) >= 11 is 0. The van der Waals surface area contributed by atoms with Crippen LogP contribution in [0.4, 0.5) is 0 Å². The lowest BCUT2D eigenvalue weighted by Crippen LogP contribution is -2.22. The Bertz CT molecular complexity index is 963. The number of nitrogens with zero attached hydrogens (tertiary/aromatic N) is 1. The molecular weight excluding hydrogens is 260 g/mol. The van der Waals surface area contributed by atoms with Crippen molar-refractivity contribution in [2.24, 2.45) is 10.9 Å². The van der Waals surface area contributed by atoms with Gasteiger partial charge in [-0.05, 0) is 30.2 Å². The van der Waals surface area contributed by atoms with Gasteiger partial charge in [0.05, 0.1) is 8.22 Å². The molecule has 1 rings (SSSR count). The summed E-state index contributed by atoms with van der Waals surface area (Å²) in [5, 5.41) is 11.3. The quantitative estimate of drug-likeness (QED) is 0.202. The Kier molecular flexibility index (Phi) is 1.59. The maximum absolute atomic E-state index is 8.77. The average Bonchev–Trinajstić information content (AvgIpc) is 2.66. The summed E-state index contributed by atoms with van der Waals surface area (Å²) in [7, 11) is -5.35. The number of benzene rings is 1. The molecule has 0 aliphatic rings. The maximum Gasteiger partial charge on any atom is 0.189 e. The monoisotopic (exact) mass is 298 g/mol. The molecule has 0 heterocycles. The minimum Gasteiger partial charge on any atom is -0.468 e. The van der Waals surface area contributed by atoms with Crippen molar-refractivity contribution in [3.05, 3.63) is 29.7 Å². The van der Waals surface area contributed by atoms with Gasteiger partial charge in [-0.25, -0.2) is 0 Å². The van der Waals surface area contributed by atoms with Crippen molar-refractivity contribution < 1.29 is 36.6 Å². The SMILES string of the molecule is [2H]c1c([2H])c(C(N)=NO)c([2H])c([2H])c1OC([2H])([2H])OC([2H])([2H])C([2H])([2H])[Si](C)(C([2H])([2H])[2H])C([2H])([2H])[2H]. The zero-order valence-electron chi connectivity index (χ0n) is 25.8. The van der Waals surface area contributed by atoms with Gasteiger partial charge in [0.1, 0.15) is 8.49 Å². The highest BCUT2D eigenvalue weighted by Gasteiger charge is 2.11. The van der Waals surface area contributed by atoms with Crippen LogP contribution < -0.4 is 10.5 Å². The van der Waals surface area contributed by atoms with Crippen LogP contribution in [-0.2, 0) is 4.74 Å². The first-order valence-electron chi connectivity index (χ1n) is 12.8. The highest BCUT2D eigenvalue weighted by atomic mass is 28.3. The summed E-state index contributed by atoms with van der Waals surface area (Å²) in [5.74, 6) is -5.73. The van der Waals surface area contributed by atoms with Crippen molar-refractivity contribution in [3.8, 4) is 5.75 Å². The highest BCUT2D eigenvalue weighted by Crippen LogP contribution is 2.12. The van der Waals surface area contributed by atoms with Crippen LogP contribution in [0.1, 0.15) is 27.5 Å². The molecule has 0 saturated heterocycles. The first-order chi connectivity index (χ1) is 15.3. The zero-order chi connectivity index (χ0) is 28.2. The van der Waals surface area contributed by atoms with Crippen LogP contribution in [0.25, 0.3) is 0 Å². The molecule has 0 aromatic heterocycles. The second-order valence-electron chi connectivity index (χ2n) is 3.33. The summed E-state index contributed by atoms with van der Waals surface area (Å²) in [6.07, 6.45) is 0. The molecule has 106 valence electrons. The smallest absolute Gasteiger partial charge is 0.189 e. The topological polar surface area (TPSA) is 77.1 Å². The van der Waals surface area contributed by atoms with Crippen LogP contribution in [0.5, 0.6) is 5.75 Å². The lowest BCUT2D eigenvalue weighted by molar-refractivity contribution is 0.0220. The molecule has 3 N–H and O–H groups in total. The van der Waals surface area contributed by atoms with E-state index >= 15 is 0 Å². The first kappa shape index (κ1) is 4.23. The summed E-state index contributed by atoms with van der Waals surface area (Å²) in [5.41, 5.74) is 4.66. The summed E-state index contributed by atoms with van der Waals surface area (Å²) in [6, 6.07) is -3.99. The molecule has 5 nitrogen and oxygen atoms in total. The Morgan fingerprint density at radius 2 is 2.21 bits per heavy atom. The van der Waals surface area contributed by atoms with Crippen molar-refractivity contribution in [1.82, 2.24) is 0 Å². The van der Waals surface area contributed by atoms with Crippen molar-refractivity contribution in [2.75, 3.05) is 13.3 Å². The number of rotatable bonds is 7. The van der Waals surface area contributed by atoms with Gasteiger partial charge < -0.3 is 20.4 Å². The van der Waals surface area contributed by atoms with E-state index in [-0.39, 0.29) is 0 Å². The van der Waals surface area contributed by atoms with Crippen molar-refractivity contribution in [1.29, 1.82) is 0 Å². The van der Waals surface area contributed by atoms with Gasteiger partial charge in [0.25, 0.3) is 0 Å². The Balaban J connectivity index is 3.58. The van der Waals surface area contributed by atoms with Crippen LogP contribution in [-0.4, -0.2) is 32.4 Å². The largest absolute Gasteiger partial charge is 0.468 e. The van der Waals surface area contributed by atoms with Crippen molar-refractivity contribution >= 4 is 13.9 Å². The molecule has 1 aromatic carbocycles. The second-order valence-corrected chi connectivity index (χ2v) is 5.83. The molecule has 19 heavy (non-hydrogen) atoms. The van der Waals surface area contributed by atoms with E-state index in [2.05, 4.69) is 14.6 Å². The van der Waals surface area contributed by atoms with Crippen molar-refractivity contribution in [2.45, 2.75) is 25.5 Å². The Hall–Kier alpha value is -1.53. The number of nitrogens with two attached hydrogens (primary N) is 1. The predicted octanol–water partition coefficient (Wildman–Crippen LogP) is 2.47. The standard InChI is InChI=1S/C13H22N2O3Si/c1-19(2,3)9-8-17-10-18-12-6-4-11(5-7-12)13(14)15-16/h4-7,16H,8-10H2,1-3H3,(H2,14,15)/i1D3,2D3,4D,5D,6D,7D,8D2,9D2,10D2. The molecule has 0 spiro atoms. The van der Waals surface area contributed by atoms with Crippen LogP contribution in [0.3, 0.4) is 0 Å². The number of hydrogen-bond donors (Lipinski definition) is 2. The zero-order valence-corrected chi connectivity index (χ0v) is 10.8. The third kappa shape index (κ3) is 6.26. The first-order valence-corrected chi connectivity index (χ1v) is 7.28. The Labute approximate surface area is 137 Å². The number of amidine groups is 1. The summed E-state index contributed by atoms with van der Waals surface area (Å²) in [6.45, 7) is -14.1. The number of ether oxygens (including phenoxy) is 2. The van der Waals surface area contributed by atoms with E-state index in [1.807, 2.05) is 0 Å². The van der Waals surface area contributed by atoms with Gasteiger partial charge in [0.2, 0.25) is 0 Å². The lowest BCUT2D eigenvalue weighted by atomic mass is 10.2. The minimum atomic E-state index is -5.35. The van der Waals surface area contributed by atoms with E-state index < -0.39 is 81.6 Å². The minimum absolute atomic E-state index is 0.568. The molecule has 0 atom stereocenters. The van der Waals surface area contributed by atoms with Gasteiger partial charge in [-0.3, -0.25) is 0 Å². The lowest BCUT2D eigenvalue weighted by Gasteiger charge is -2.15. The van der Waals surface area contributed by atoms with Crippen LogP contribution in [0.2, 0.25) is 25.5 Å². The van der Waals surface area contributed by atoms with Gasteiger partial charge in [0, 0.05) is 31.2 Å². The molecule has 0 radical (unpaired) electrons. The van der Waals surface area contributed by atoms with Gasteiger partial charge in [-0.2, -0.15) is 0 Å². The molecule has 1 aromatic rings. The van der Waals surface area contributed by atoms with Crippen LogP contribution >= 0.6 is 0 Å². The van der Waals surface area contributed by atoms with Gasteiger partial charge >= 0.3 is 0 Å². The van der Waals surface area contributed by atoms with Gasteiger partial charge in [0.15, 0.2) is 12.6 Å². The van der Waals surface area contributed by atoms with Gasteiger partial charge in [-0.1, -0.05) is 24.7 Å². The molecule has 0 unspecified atom stereocenters. The molecular formula is C13H22N2O3Si. The average molecular weight is 299 g/mol. The highest BCUT2D eigenvalue weighted by molar-refractivity contribution is 6.76. The van der Waals surface area contributed by atoms with E-state index in [4.69, 9.17) is 32.9 Å². The maximum atomic E-state index is 8.77. The third-order valence-electron chi connectivity index (χ3n) is 1.50. The van der Waals surface area contributed by atoms with E-state index in [9.17, 15) is 0 Å². The fourth-order valence-electron chi connectivity index (χ4n) is 0.741. The molecule has 0 aliphatic carbocycles. The molecule has 0 bridgehead atoms. The Morgan fingerprint density at radius 1 is 1.53 bits per heavy atom. The second kappa shape index (κ2) is 7.15. The van der Waals surface area contributed by atoms with E-state index in [0.29, 0.717) is 6.55 Å². The number of oxime groups is 1. The third-order valence-corrected chi connectivity index (χ3v) is 2.11. The number of hydrogen-bond acceptors (Lipinski definition) is 4. The van der Waals surface area contributed by atoms with E-state index in [0.717, 1.165) is 0 Å². The summed E-state index contributed by atoms with van der Waals surface area (Å²) in [4.78, 5) is 0. The molecule has 0 aliphatic heterocycles. The van der Waals surface area contributed by atoms with Crippen LogP contribution in [0.15, 0.2) is 29.3 Å². The predicted molar refractivity (Wildman–Crippen MR) is 78.6 cm³/mol. The molecule has 0 amide bonds. The summed E-state index contributed by atoms with van der Waals surface area (Å²) < 4.78 is 134. The normalized spacial score (nSPS) is 28.4. The van der Waals surface area contributed by atoms with Crippen LogP contribution in [0, 0.1) is 0 Å². The fraction of sp³-hybridized carbons (Fsp3) is 0.462. The molecule has 6 heteroatoms. The fourth-order valence-corrected chi connectivity index (χ4v) is 0.996. The Morgan fingerprint density at radius 3 is 2.79 bits per heavy atom. The van der Waals surface area contributed by atoms with E-state index in [1.54, 1.807) is 0 Å². The van der Waals surface area contributed by atoms with Crippen molar-refractivity contribution in [3.63, 3.8) is 0 Å². The molecule has 0 fully saturated rings. The molecule has 0 saturated carbocycles.